The number of anilines is 12. The molecule has 150 heavy (non-hydrogen) atoms. The molecule has 9 aromatic heterocycles. The summed E-state index contributed by atoms with van der Waals surface area (Å²) >= 11 is 1.84. The van der Waals surface area contributed by atoms with Gasteiger partial charge >= 0.3 is 26.9 Å². The van der Waals surface area contributed by atoms with Crippen LogP contribution in [-0.2, 0) is 5.41 Å². The largest absolute Gasteiger partial charge is 0.468 e. The lowest BCUT2D eigenvalue weighted by Gasteiger charge is -2.32. The van der Waals surface area contributed by atoms with Crippen LogP contribution in [0.5, 0.6) is 0 Å². The summed E-state index contributed by atoms with van der Waals surface area (Å²) in [7, 11) is 0. The molecule has 5 aliphatic rings. The summed E-state index contributed by atoms with van der Waals surface area (Å²) in [5.74, 6) is 0. The summed E-state index contributed by atoms with van der Waals surface area (Å²) in [5, 5.41) is 11.3. The van der Waals surface area contributed by atoms with Crippen LogP contribution in [0.15, 0.2) is 521 Å². The first-order valence-corrected chi connectivity index (χ1v) is 51.9. The van der Waals surface area contributed by atoms with E-state index in [2.05, 4.69) is 422 Å². The molecule has 704 valence electrons. The van der Waals surface area contributed by atoms with E-state index in [-0.39, 0.29) is 32.3 Å². The zero-order valence-corrected chi connectivity index (χ0v) is 82.3. The van der Waals surface area contributed by atoms with E-state index < -0.39 is 0 Å². The van der Waals surface area contributed by atoms with Crippen molar-refractivity contribution in [1.29, 1.82) is 0 Å². The first-order chi connectivity index (χ1) is 74.2. The highest BCUT2D eigenvalue weighted by Gasteiger charge is 2.50. The van der Waals surface area contributed by atoms with E-state index in [0.717, 1.165) is 223 Å². The normalized spacial score (nSPS) is 13.3. The Morgan fingerprint density at radius 2 is 0.413 bits per heavy atom. The van der Waals surface area contributed by atoms with Crippen LogP contribution in [0.3, 0.4) is 0 Å². The van der Waals surface area contributed by atoms with Crippen molar-refractivity contribution in [2.75, 3.05) is 19.6 Å². The fraction of sp³-hybridized carbons (Fsp3) is 0.0226. The number of furan rings is 8. The van der Waals surface area contributed by atoms with Gasteiger partial charge in [0.15, 0.2) is 0 Å². The highest BCUT2D eigenvalue weighted by atomic mass is 32.1. The fourth-order valence-corrected chi connectivity index (χ4v) is 25.3. The minimum Gasteiger partial charge on any atom is -0.468 e. The smallest absolute Gasteiger partial charge is 0.338 e. The number of rotatable bonds is 9. The van der Waals surface area contributed by atoms with E-state index in [1.54, 1.807) is 0 Å². The first kappa shape index (κ1) is 86.6. The molecule has 0 amide bonds. The van der Waals surface area contributed by atoms with Crippen molar-refractivity contribution in [2.45, 2.75) is 19.3 Å². The molecule has 0 unspecified atom stereocenters. The highest BCUT2D eigenvalue weighted by molar-refractivity contribution is 7.25. The van der Waals surface area contributed by atoms with Crippen LogP contribution in [0.2, 0.25) is 0 Å². The van der Waals surface area contributed by atoms with Crippen molar-refractivity contribution in [1.82, 2.24) is 0 Å². The van der Waals surface area contributed by atoms with E-state index in [1.807, 2.05) is 108 Å². The standard InChI is InChI=1S/C37H26BNO2.C34H20BNO2S.C34H22BNO2.C28H18BNO2/c1-37(2)29-17-9-6-14-25(29)26-21-20-24(22-30(26)37)39-33-27-15-7-10-18-31(27)40-35(33)38(23-12-4-3-5-13-23)36-34(39)28-16-8-11-19-32(28)41-36;1-2-10-21(11-3-1)35-33-31(24-13-4-7-15-27(24)37-33)36(32-25-14-5-8-16-28(25)38-34(32)35)22-18-19-30-26(20-22)23-12-6-9-17-29(23)39-30;1-3-11-23(12-4-1)24-19-21-26(22-20-24)36-31-27-15-7-9-17-29(27)37-33(31)35(25-13-5-2-6-14-25)34-32(36)28-16-8-10-18-30(28)38-34;1-3-11-19(12-4-1)29-27-25(21-15-7-9-17-23(21)31-27)30(20-13-5-2-6-14-20)26-22-16-8-10-18-24(22)32-28(26)29/h3-22H,1-2H3;1-20H;1-22H;1-18H. The number of thiophene rings is 1. The molecule has 4 aliphatic heterocycles. The fourth-order valence-electron chi connectivity index (χ4n) is 24.3. The molecule has 0 spiro atoms. The van der Waals surface area contributed by atoms with Crippen LogP contribution in [0.4, 0.5) is 68.2 Å². The van der Waals surface area contributed by atoms with Gasteiger partial charge in [-0.05, 0) is 191 Å². The molecule has 0 saturated heterocycles. The van der Waals surface area contributed by atoms with Crippen molar-refractivity contribution in [2.24, 2.45) is 0 Å². The third-order valence-corrected chi connectivity index (χ3v) is 32.0. The Bertz CT molecular complexity index is 9850. The molecule has 33 rings (SSSR count). The Morgan fingerprint density at radius 1 is 0.180 bits per heavy atom. The predicted octanol–water partition coefficient (Wildman–Crippen LogP) is 28.3. The van der Waals surface area contributed by atoms with Gasteiger partial charge in [0, 0.05) is 91.4 Å². The Kier molecular flexibility index (Phi) is 20.0. The number of para-hydroxylation sites is 9. The second-order valence-electron chi connectivity index (χ2n) is 39.6. The van der Waals surface area contributed by atoms with E-state index in [1.165, 1.54) is 53.6 Å². The van der Waals surface area contributed by atoms with Crippen molar-refractivity contribution >= 4 is 281 Å². The maximum atomic E-state index is 6.74. The van der Waals surface area contributed by atoms with Gasteiger partial charge in [-0.1, -0.05) is 363 Å². The average molecular weight is 1940 g/mol. The maximum absolute atomic E-state index is 6.74. The molecule has 0 bridgehead atoms. The summed E-state index contributed by atoms with van der Waals surface area (Å²) in [6.45, 7) is 4.08. The molecule has 0 atom stereocenters. The monoisotopic (exact) mass is 1940 g/mol. The van der Waals surface area contributed by atoms with Gasteiger partial charge in [0.25, 0.3) is 0 Å². The molecular weight excluding hydrogens is 1860 g/mol. The van der Waals surface area contributed by atoms with Gasteiger partial charge in [0.2, 0.25) is 0 Å². The Balaban J connectivity index is 0.0000000922. The molecule has 17 heteroatoms. The van der Waals surface area contributed by atoms with Crippen molar-refractivity contribution in [3.63, 3.8) is 0 Å². The van der Waals surface area contributed by atoms with E-state index >= 15 is 0 Å². The van der Waals surface area contributed by atoms with Crippen LogP contribution in [0.25, 0.3) is 130 Å². The van der Waals surface area contributed by atoms with Gasteiger partial charge in [-0.2, -0.15) is 0 Å². The Morgan fingerprint density at radius 3 is 0.753 bits per heavy atom. The molecule has 1 aliphatic carbocycles. The Labute approximate surface area is 868 Å². The topological polar surface area (TPSA) is 118 Å². The zero-order chi connectivity index (χ0) is 98.9. The summed E-state index contributed by atoms with van der Waals surface area (Å²) in [5.41, 5.74) is 39.5. The molecule has 0 fully saturated rings. The highest BCUT2D eigenvalue weighted by Crippen LogP contribution is 2.55. The third kappa shape index (κ3) is 13.6. The quantitative estimate of drug-likeness (QED) is 0.128. The number of fused-ring (bicyclic) bond motifs is 30. The maximum Gasteiger partial charge on any atom is 0.338 e. The molecule has 0 saturated carbocycles. The lowest BCUT2D eigenvalue weighted by atomic mass is 9.39. The van der Waals surface area contributed by atoms with Crippen molar-refractivity contribution in [3.05, 3.63) is 496 Å². The van der Waals surface area contributed by atoms with Gasteiger partial charge in [-0.25, -0.2) is 0 Å². The zero-order valence-electron chi connectivity index (χ0n) is 81.5. The number of benzene rings is 19. The molecule has 19 aromatic carbocycles. The molecule has 13 heterocycles. The average Bonchev–Trinajstić information content (AvgIpc) is 1.63. The number of hydrogen-bond acceptors (Lipinski definition) is 13. The van der Waals surface area contributed by atoms with Gasteiger partial charge in [-0.15, -0.1) is 11.3 Å². The number of nitrogens with zero attached hydrogens (tertiary/aromatic N) is 4. The molecule has 0 radical (unpaired) electrons. The van der Waals surface area contributed by atoms with Crippen LogP contribution in [-0.4, -0.2) is 26.9 Å². The minimum absolute atomic E-state index is 0.104. The molecule has 12 nitrogen and oxygen atoms in total. The van der Waals surface area contributed by atoms with Crippen LogP contribution in [0, 0.1) is 0 Å². The summed E-state index contributed by atoms with van der Waals surface area (Å²) in [6.07, 6.45) is 0. The summed E-state index contributed by atoms with van der Waals surface area (Å²) in [4.78, 5) is 9.40. The van der Waals surface area contributed by atoms with Gasteiger partial charge in [0.1, 0.15) is 89.9 Å². The SMILES string of the molecule is CC1(C)c2ccccc2-c2ccc(N3c4c(oc5ccccc45)B(c4ccccc4)c4oc5ccccc5c43)cc21.c1ccc(B2c3oc4ccccc4c3N(c3ccc(-c4ccccc4)cc3)c3c2oc2ccccc32)cc1.c1ccc(B2c3oc4ccccc4c3N(c3ccc4sc5ccccc5c4c3)c3c2oc2ccccc32)cc1.c1ccc(B2c3oc4ccccc4c3N(c3ccccc3)c3c2oc2ccccc32)cc1. The van der Waals surface area contributed by atoms with Crippen molar-refractivity contribution in [3.8, 4) is 22.3 Å². The van der Waals surface area contributed by atoms with Crippen LogP contribution in [0.1, 0.15) is 25.0 Å². The second kappa shape index (κ2) is 34.7. The van der Waals surface area contributed by atoms with E-state index in [0.29, 0.717) is 0 Å². The van der Waals surface area contributed by atoms with Gasteiger partial charge < -0.3 is 54.9 Å². The van der Waals surface area contributed by atoms with Gasteiger partial charge in [-0.3, -0.25) is 0 Å². The van der Waals surface area contributed by atoms with E-state index in [9.17, 15) is 0 Å². The summed E-state index contributed by atoms with van der Waals surface area (Å²) in [6, 6.07) is 170. The van der Waals surface area contributed by atoms with Crippen LogP contribution < -0.4 is 86.7 Å². The van der Waals surface area contributed by atoms with Crippen molar-refractivity contribution < 1.29 is 35.3 Å². The first-order valence-electron chi connectivity index (χ1n) is 51.1. The predicted molar refractivity (Wildman–Crippen MR) is 623 cm³/mol. The van der Waals surface area contributed by atoms with Crippen LogP contribution >= 0.6 is 11.3 Å². The summed E-state index contributed by atoms with van der Waals surface area (Å²) < 4.78 is 55.9. The lowest BCUT2D eigenvalue weighted by Crippen LogP contribution is -2.56. The second-order valence-corrected chi connectivity index (χ2v) is 40.7. The van der Waals surface area contributed by atoms with Gasteiger partial charge in [0.05, 0.1) is 45.5 Å². The molecular formula is C133H86B4N4O8S. The molecule has 0 N–H and O–H groups in total. The lowest BCUT2D eigenvalue weighted by molar-refractivity contribution is 0.635. The molecule has 28 aromatic rings. The van der Waals surface area contributed by atoms with E-state index in [4.69, 9.17) is 35.3 Å². The number of hydrogen-bond donors (Lipinski definition) is 0. The minimum atomic E-state index is -0.160. The third-order valence-electron chi connectivity index (χ3n) is 30.9. The Hall–Kier alpha value is -18.8.